The molecular weight excluding hydrogens is 236 g/mol. The first kappa shape index (κ1) is 15.7. The van der Waals surface area contributed by atoms with Gasteiger partial charge in [0.1, 0.15) is 17.5 Å². The first-order chi connectivity index (χ1) is 8.72. The molecule has 1 aromatic heterocycles. The Kier molecular flexibility index (Phi) is 4.77. The molecule has 1 unspecified atom stereocenters. The lowest BCUT2D eigenvalue weighted by molar-refractivity contribution is 0.540. The van der Waals surface area contributed by atoms with Crippen molar-refractivity contribution in [2.75, 3.05) is 17.2 Å². The molecule has 0 bridgehead atoms. The molecule has 0 aliphatic heterocycles. The molecule has 0 aromatic carbocycles. The van der Waals surface area contributed by atoms with Gasteiger partial charge >= 0.3 is 0 Å². The van der Waals surface area contributed by atoms with E-state index in [0.717, 1.165) is 30.2 Å². The Hall–Kier alpha value is -1.32. The third kappa shape index (κ3) is 3.37. The molecule has 0 fully saturated rings. The van der Waals surface area contributed by atoms with Crippen LogP contribution >= 0.6 is 0 Å². The SMILES string of the molecule is CCC(C)N(CC)c1nc(C(C)(C)C)nc(N)c1C. The average molecular weight is 264 g/mol. The fourth-order valence-electron chi connectivity index (χ4n) is 2.03. The maximum Gasteiger partial charge on any atom is 0.138 e. The van der Waals surface area contributed by atoms with Crippen molar-refractivity contribution in [3.63, 3.8) is 0 Å². The second-order valence-corrected chi connectivity index (χ2v) is 6.17. The minimum Gasteiger partial charge on any atom is -0.383 e. The van der Waals surface area contributed by atoms with Crippen molar-refractivity contribution in [2.24, 2.45) is 0 Å². The van der Waals surface area contributed by atoms with Crippen molar-refractivity contribution in [1.82, 2.24) is 9.97 Å². The van der Waals surface area contributed by atoms with Gasteiger partial charge in [0.15, 0.2) is 0 Å². The number of hydrogen-bond acceptors (Lipinski definition) is 4. The molecule has 1 aromatic rings. The van der Waals surface area contributed by atoms with Crippen LogP contribution in [0.25, 0.3) is 0 Å². The quantitative estimate of drug-likeness (QED) is 0.906. The van der Waals surface area contributed by atoms with E-state index in [1.54, 1.807) is 0 Å². The zero-order valence-electron chi connectivity index (χ0n) is 13.4. The molecule has 1 heterocycles. The fraction of sp³-hybridized carbons (Fsp3) is 0.733. The molecule has 0 aliphatic carbocycles. The molecule has 0 saturated heterocycles. The van der Waals surface area contributed by atoms with Gasteiger partial charge in [0.25, 0.3) is 0 Å². The molecule has 1 atom stereocenters. The number of nitrogens with two attached hydrogens (primary N) is 1. The van der Waals surface area contributed by atoms with Crippen molar-refractivity contribution in [3.8, 4) is 0 Å². The van der Waals surface area contributed by atoms with E-state index in [2.05, 4.69) is 51.4 Å². The summed E-state index contributed by atoms with van der Waals surface area (Å²) in [6.07, 6.45) is 1.09. The summed E-state index contributed by atoms with van der Waals surface area (Å²) >= 11 is 0. The highest BCUT2D eigenvalue weighted by atomic mass is 15.2. The van der Waals surface area contributed by atoms with E-state index in [1.807, 2.05) is 6.92 Å². The molecular formula is C15H28N4. The fourth-order valence-corrected chi connectivity index (χ4v) is 2.03. The van der Waals surface area contributed by atoms with Gasteiger partial charge < -0.3 is 10.6 Å². The van der Waals surface area contributed by atoms with Crippen LogP contribution in [0.2, 0.25) is 0 Å². The summed E-state index contributed by atoms with van der Waals surface area (Å²) < 4.78 is 0. The minimum absolute atomic E-state index is 0.0918. The molecule has 0 spiro atoms. The molecule has 0 saturated carbocycles. The number of nitrogen functional groups attached to an aromatic ring is 1. The van der Waals surface area contributed by atoms with Gasteiger partial charge in [0.2, 0.25) is 0 Å². The van der Waals surface area contributed by atoms with Gasteiger partial charge in [-0.15, -0.1) is 0 Å². The second kappa shape index (κ2) is 5.76. The van der Waals surface area contributed by atoms with E-state index in [-0.39, 0.29) is 5.41 Å². The Morgan fingerprint density at radius 2 is 1.79 bits per heavy atom. The van der Waals surface area contributed by atoms with Gasteiger partial charge in [-0.3, -0.25) is 0 Å². The Labute approximate surface area is 117 Å². The summed E-state index contributed by atoms with van der Waals surface area (Å²) in [6, 6.07) is 0.450. The van der Waals surface area contributed by atoms with Crippen LogP contribution < -0.4 is 10.6 Å². The number of aromatic nitrogens is 2. The number of rotatable bonds is 4. The van der Waals surface area contributed by atoms with Crippen LogP contribution in [0.15, 0.2) is 0 Å². The summed E-state index contributed by atoms with van der Waals surface area (Å²) in [5, 5.41) is 0. The van der Waals surface area contributed by atoms with Gasteiger partial charge in [-0.2, -0.15) is 0 Å². The van der Waals surface area contributed by atoms with E-state index in [9.17, 15) is 0 Å². The normalized spacial score (nSPS) is 13.4. The summed E-state index contributed by atoms with van der Waals surface area (Å²) in [6.45, 7) is 15.8. The standard InChI is InChI=1S/C15H28N4/c1-8-10(3)19(9-2)13-11(4)12(16)17-14(18-13)15(5,6)7/h10H,8-9H2,1-7H3,(H2,16,17,18). The first-order valence-electron chi connectivity index (χ1n) is 7.13. The van der Waals surface area contributed by atoms with Gasteiger partial charge in [-0.25, -0.2) is 9.97 Å². The number of anilines is 2. The lowest BCUT2D eigenvalue weighted by atomic mass is 9.95. The largest absolute Gasteiger partial charge is 0.383 e. The summed E-state index contributed by atoms with van der Waals surface area (Å²) in [5.74, 6) is 2.39. The molecule has 4 heteroatoms. The highest BCUT2D eigenvalue weighted by Crippen LogP contribution is 2.28. The van der Waals surface area contributed by atoms with Crippen LogP contribution in [0.3, 0.4) is 0 Å². The average Bonchev–Trinajstić information content (AvgIpc) is 2.33. The van der Waals surface area contributed by atoms with E-state index >= 15 is 0 Å². The van der Waals surface area contributed by atoms with Crippen LogP contribution in [-0.4, -0.2) is 22.6 Å². The smallest absolute Gasteiger partial charge is 0.138 e. The zero-order chi connectivity index (χ0) is 14.8. The topological polar surface area (TPSA) is 55.0 Å². The van der Waals surface area contributed by atoms with Gasteiger partial charge in [-0.05, 0) is 27.2 Å². The lowest BCUT2D eigenvalue weighted by Crippen LogP contribution is -2.35. The highest BCUT2D eigenvalue weighted by Gasteiger charge is 2.23. The maximum atomic E-state index is 6.07. The first-order valence-corrected chi connectivity index (χ1v) is 7.13. The highest BCUT2D eigenvalue weighted by molar-refractivity contribution is 5.57. The van der Waals surface area contributed by atoms with Crippen LogP contribution in [0.5, 0.6) is 0 Å². The van der Waals surface area contributed by atoms with Crippen LogP contribution in [-0.2, 0) is 5.41 Å². The summed E-state index contributed by atoms with van der Waals surface area (Å²) in [5.41, 5.74) is 6.96. The molecule has 2 N–H and O–H groups in total. The van der Waals surface area contributed by atoms with Crippen LogP contribution in [0, 0.1) is 6.92 Å². The van der Waals surface area contributed by atoms with Crippen LogP contribution in [0.1, 0.15) is 59.4 Å². The number of nitrogens with zero attached hydrogens (tertiary/aromatic N) is 3. The van der Waals surface area contributed by atoms with Gasteiger partial charge in [0, 0.05) is 23.6 Å². The van der Waals surface area contributed by atoms with Crippen molar-refractivity contribution >= 4 is 11.6 Å². The monoisotopic (exact) mass is 264 g/mol. The van der Waals surface area contributed by atoms with E-state index in [1.165, 1.54) is 0 Å². The molecule has 19 heavy (non-hydrogen) atoms. The molecule has 0 radical (unpaired) electrons. The van der Waals surface area contributed by atoms with E-state index in [4.69, 9.17) is 10.7 Å². The maximum absolute atomic E-state index is 6.07. The Morgan fingerprint density at radius 3 is 2.21 bits per heavy atom. The van der Waals surface area contributed by atoms with E-state index < -0.39 is 0 Å². The zero-order valence-corrected chi connectivity index (χ0v) is 13.4. The second-order valence-electron chi connectivity index (χ2n) is 6.17. The Bertz CT molecular complexity index is 435. The van der Waals surface area contributed by atoms with Crippen molar-refractivity contribution in [3.05, 3.63) is 11.4 Å². The van der Waals surface area contributed by atoms with Crippen molar-refractivity contribution < 1.29 is 0 Å². The van der Waals surface area contributed by atoms with Gasteiger partial charge in [-0.1, -0.05) is 27.7 Å². The third-order valence-electron chi connectivity index (χ3n) is 3.56. The minimum atomic E-state index is -0.0918. The van der Waals surface area contributed by atoms with E-state index in [0.29, 0.717) is 11.9 Å². The molecule has 0 amide bonds. The molecule has 4 nitrogen and oxygen atoms in total. The number of hydrogen-bond donors (Lipinski definition) is 1. The van der Waals surface area contributed by atoms with Crippen molar-refractivity contribution in [1.29, 1.82) is 0 Å². The Balaban J connectivity index is 3.37. The summed E-state index contributed by atoms with van der Waals surface area (Å²) in [7, 11) is 0. The molecule has 108 valence electrons. The Morgan fingerprint density at radius 1 is 1.21 bits per heavy atom. The predicted octanol–water partition coefficient (Wildman–Crippen LogP) is 3.29. The van der Waals surface area contributed by atoms with Crippen molar-refractivity contribution in [2.45, 2.75) is 66.3 Å². The lowest BCUT2D eigenvalue weighted by Gasteiger charge is -2.31. The van der Waals surface area contributed by atoms with Crippen LogP contribution in [0.4, 0.5) is 11.6 Å². The summed E-state index contributed by atoms with van der Waals surface area (Å²) in [4.78, 5) is 11.5. The van der Waals surface area contributed by atoms with Gasteiger partial charge in [0.05, 0.1) is 0 Å². The molecule has 1 rings (SSSR count). The third-order valence-corrected chi connectivity index (χ3v) is 3.56. The molecule has 0 aliphatic rings. The predicted molar refractivity (Wildman–Crippen MR) is 82.7 cm³/mol.